The Labute approximate surface area is 197 Å². The fourth-order valence-corrected chi connectivity index (χ4v) is 2.86. The monoisotopic (exact) mass is 529 g/mol. The van der Waals surface area contributed by atoms with Gasteiger partial charge in [0.2, 0.25) is 5.89 Å². The standard InChI is InChI=1S/C22H35N5O2.HI/c1-8-23-21(26-15-20-24-14-19(29-20)22(2,3)4)25-13-18(27(5)6)16-10-9-11-17(12-16)28-7;/h9-12,14,18H,8,13,15H2,1-7H3,(H2,23,25,26);1H. The third kappa shape index (κ3) is 7.79. The van der Waals surface area contributed by atoms with Crippen molar-refractivity contribution in [2.24, 2.45) is 4.99 Å². The first-order chi connectivity index (χ1) is 13.7. The Morgan fingerprint density at radius 3 is 2.57 bits per heavy atom. The maximum Gasteiger partial charge on any atom is 0.216 e. The Morgan fingerprint density at radius 2 is 2.00 bits per heavy atom. The van der Waals surface area contributed by atoms with Crippen LogP contribution in [0.25, 0.3) is 0 Å². The number of aromatic nitrogens is 1. The van der Waals surface area contributed by atoms with Gasteiger partial charge >= 0.3 is 0 Å². The SMILES string of the molecule is CCNC(=NCc1ncc(C(C)(C)C)o1)NCC(c1cccc(OC)c1)N(C)C.I. The zero-order chi connectivity index (χ0) is 21.4. The second kappa shape index (κ2) is 12.1. The molecule has 1 unspecified atom stereocenters. The minimum Gasteiger partial charge on any atom is -0.497 e. The molecule has 0 fully saturated rings. The summed E-state index contributed by atoms with van der Waals surface area (Å²) in [5, 5.41) is 6.72. The Balaban J connectivity index is 0.00000450. The average Bonchev–Trinajstić information content (AvgIpc) is 3.15. The molecule has 168 valence electrons. The van der Waals surface area contributed by atoms with E-state index in [1.807, 2.05) is 19.1 Å². The predicted octanol–water partition coefficient (Wildman–Crippen LogP) is 3.96. The fourth-order valence-electron chi connectivity index (χ4n) is 2.86. The molecule has 1 atom stereocenters. The molecule has 7 nitrogen and oxygen atoms in total. The van der Waals surface area contributed by atoms with Gasteiger partial charge in [-0.05, 0) is 38.7 Å². The molecule has 0 bridgehead atoms. The van der Waals surface area contributed by atoms with E-state index in [9.17, 15) is 0 Å². The number of aliphatic imine (C=N–C) groups is 1. The molecule has 0 saturated heterocycles. The van der Waals surface area contributed by atoms with Crippen molar-refractivity contribution in [1.29, 1.82) is 0 Å². The molecule has 0 saturated carbocycles. The fraction of sp³-hybridized carbons (Fsp3) is 0.545. The van der Waals surface area contributed by atoms with Gasteiger partial charge in [0.15, 0.2) is 5.96 Å². The van der Waals surface area contributed by atoms with Crippen molar-refractivity contribution in [3.63, 3.8) is 0 Å². The normalized spacial score (nSPS) is 13.0. The number of oxazole rings is 1. The molecule has 2 aromatic rings. The van der Waals surface area contributed by atoms with Crippen molar-refractivity contribution in [1.82, 2.24) is 20.5 Å². The highest BCUT2D eigenvalue weighted by Gasteiger charge is 2.19. The summed E-state index contributed by atoms with van der Waals surface area (Å²) in [7, 11) is 5.82. The van der Waals surface area contributed by atoms with Gasteiger partial charge in [0.05, 0.1) is 19.3 Å². The summed E-state index contributed by atoms with van der Waals surface area (Å²) in [5.74, 6) is 3.07. The number of benzene rings is 1. The summed E-state index contributed by atoms with van der Waals surface area (Å²) in [6.07, 6.45) is 1.79. The van der Waals surface area contributed by atoms with Gasteiger partial charge in [-0.25, -0.2) is 9.98 Å². The second-order valence-electron chi connectivity index (χ2n) is 8.20. The maximum absolute atomic E-state index is 5.84. The van der Waals surface area contributed by atoms with E-state index in [2.05, 4.69) is 72.5 Å². The van der Waals surface area contributed by atoms with Crippen LogP contribution in [-0.4, -0.2) is 50.1 Å². The van der Waals surface area contributed by atoms with Gasteiger partial charge in [-0.3, -0.25) is 0 Å². The summed E-state index contributed by atoms with van der Waals surface area (Å²) in [4.78, 5) is 11.2. The number of methoxy groups -OCH3 is 1. The summed E-state index contributed by atoms with van der Waals surface area (Å²) < 4.78 is 11.2. The van der Waals surface area contributed by atoms with Gasteiger partial charge < -0.3 is 24.7 Å². The number of rotatable bonds is 8. The molecule has 0 aliphatic carbocycles. The van der Waals surface area contributed by atoms with Gasteiger partial charge in [0.1, 0.15) is 18.1 Å². The van der Waals surface area contributed by atoms with Gasteiger partial charge in [-0.2, -0.15) is 0 Å². The van der Waals surface area contributed by atoms with Crippen LogP contribution in [0.3, 0.4) is 0 Å². The van der Waals surface area contributed by atoms with Crippen LogP contribution in [0, 0.1) is 0 Å². The molecular weight excluding hydrogens is 493 g/mol. The highest BCUT2D eigenvalue weighted by molar-refractivity contribution is 14.0. The zero-order valence-corrected chi connectivity index (χ0v) is 21.5. The molecule has 0 radical (unpaired) electrons. The van der Waals surface area contributed by atoms with Crippen molar-refractivity contribution in [3.8, 4) is 5.75 Å². The molecule has 2 rings (SSSR count). The van der Waals surface area contributed by atoms with E-state index in [4.69, 9.17) is 9.15 Å². The first-order valence-electron chi connectivity index (χ1n) is 10.0. The average molecular weight is 529 g/mol. The van der Waals surface area contributed by atoms with E-state index in [1.54, 1.807) is 13.3 Å². The first-order valence-corrected chi connectivity index (χ1v) is 10.0. The molecule has 1 aromatic carbocycles. The van der Waals surface area contributed by atoms with Crippen LogP contribution in [0.15, 0.2) is 39.9 Å². The van der Waals surface area contributed by atoms with Crippen LogP contribution >= 0.6 is 24.0 Å². The number of nitrogens with zero attached hydrogens (tertiary/aromatic N) is 3. The number of nitrogens with one attached hydrogen (secondary N) is 2. The number of guanidine groups is 1. The number of hydrogen-bond donors (Lipinski definition) is 2. The molecule has 8 heteroatoms. The number of likely N-dealkylation sites (N-methyl/N-ethyl adjacent to an activating group) is 1. The lowest BCUT2D eigenvalue weighted by Crippen LogP contribution is -2.41. The summed E-state index contributed by atoms with van der Waals surface area (Å²) >= 11 is 0. The summed E-state index contributed by atoms with van der Waals surface area (Å²) in [6, 6.07) is 8.32. The lowest BCUT2D eigenvalue weighted by atomic mass is 9.94. The quantitative estimate of drug-likeness (QED) is 0.307. The minimum absolute atomic E-state index is 0. The molecule has 1 heterocycles. The van der Waals surface area contributed by atoms with Crippen molar-refractivity contribution >= 4 is 29.9 Å². The molecule has 0 amide bonds. The van der Waals surface area contributed by atoms with E-state index in [0.29, 0.717) is 19.0 Å². The van der Waals surface area contributed by atoms with Crippen molar-refractivity contribution in [2.45, 2.75) is 45.7 Å². The second-order valence-corrected chi connectivity index (χ2v) is 8.20. The Kier molecular flexibility index (Phi) is 10.6. The van der Waals surface area contributed by atoms with E-state index in [1.165, 1.54) is 5.56 Å². The minimum atomic E-state index is -0.0621. The van der Waals surface area contributed by atoms with Crippen LogP contribution in [0.1, 0.15) is 51.0 Å². The van der Waals surface area contributed by atoms with Crippen LogP contribution in [-0.2, 0) is 12.0 Å². The third-order valence-electron chi connectivity index (χ3n) is 4.57. The summed E-state index contributed by atoms with van der Waals surface area (Å²) in [5.41, 5.74) is 1.12. The number of ether oxygens (including phenoxy) is 1. The van der Waals surface area contributed by atoms with E-state index >= 15 is 0 Å². The topological polar surface area (TPSA) is 74.9 Å². The highest BCUT2D eigenvalue weighted by Crippen LogP contribution is 2.23. The predicted molar refractivity (Wildman–Crippen MR) is 133 cm³/mol. The van der Waals surface area contributed by atoms with Crippen LogP contribution < -0.4 is 15.4 Å². The van der Waals surface area contributed by atoms with Gasteiger partial charge in [0.25, 0.3) is 0 Å². The third-order valence-corrected chi connectivity index (χ3v) is 4.57. The van der Waals surface area contributed by atoms with Gasteiger partial charge in [-0.15, -0.1) is 24.0 Å². The number of halogens is 1. The van der Waals surface area contributed by atoms with Crippen molar-refractivity contribution in [3.05, 3.63) is 47.7 Å². The lowest BCUT2D eigenvalue weighted by molar-refractivity contribution is 0.297. The van der Waals surface area contributed by atoms with Crippen molar-refractivity contribution in [2.75, 3.05) is 34.3 Å². The smallest absolute Gasteiger partial charge is 0.216 e. The molecule has 2 N–H and O–H groups in total. The number of hydrogen-bond acceptors (Lipinski definition) is 5. The lowest BCUT2D eigenvalue weighted by Gasteiger charge is -2.26. The van der Waals surface area contributed by atoms with Crippen LogP contribution in [0.5, 0.6) is 5.75 Å². The Hall–Kier alpha value is -1.81. The van der Waals surface area contributed by atoms with Crippen LogP contribution in [0.4, 0.5) is 0 Å². The van der Waals surface area contributed by atoms with E-state index in [0.717, 1.165) is 24.0 Å². The molecule has 30 heavy (non-hydrogen) atoms. The van der Waals surface area contributed by atoms with Crippen molar-refractivity contribution < 1.29 is 9.15 Å². The van der Waals surface area contributed by atoms with Gasteiger partial charge in [-0.1, -0.05) is 32.9 Å². The Morgan fingerprint density at radius 1 is 1.27 bits per heavy atom. The van der Waals surface area contributed by atoms with E-state index in [-0.39, 0.29) is 35.4 Å². The largest absolute Gasteiger partial charge is 0.497 e. The van der Waals surface area contributed by atoms with Crippen LogP contribution in [0.2, 0.25) is 0 Å². The highest BCUT2D eigenvalue weighted by atomic mass is 127. The molecular formula is C22H36IN5O2. The first kappa shape index (κ1) is 26.2. The maximum atomic E-state index is 5.84. The van der Waals surface area contributed by atoms with E-state index < -0.39 is 0 Å². The Bertz CT molecular complexity index is 799. The molecule has 0 spiro atoms. The molecule has 0 aliphatic rings. The zero-order valence-electron chi connectivity index (χ0n) is 19.2. The van der Waals surface area contributed by atoms with Gasteiger partial charge in [0, 0.05) is 18.5 Å². The molecule has 0 aliphatic heterocycles. The summed E-state index contributed by atoms with van der Waals surface area (Å²) in [6.45, 7) is 10.2. The molecule has 1 aromatic heterocycles.